The molecule has 0 amide bonds. The molecule has 8 aromatic carbocycles. The number of furan rings is 1. The van der Waals surface area contributed by atoms with Crippen molar-refractivity contribution < 1.29 is 4.42 Å². The average Bonchev–Trinajstić information content (AvgIpc) is 3.66. The van der Waals surface area contributed by atoms with E-state index in [1.165, 1.54) is 44.2 Å². The maximum atomic E-state index is 6.22. The van der Waals surface area contributed by atoms with Gasteiger partial charge >= 0.3 is 0 Å². The molecule has 0 N–H and O–H groups in total. The third-order valence-corrected chi connectivity index (χ3v) is 10.9. The molecule has 51 heavy (non-hydrogen) atoms. The molecular formula is C49H35NO. The van der Waals surface area contributed by atoms with Crippen molar-refractivity contribution in [3.63, 3.8) is 0 Å². The second-order valence-electron chi connectivity index (χ2n) is 14.2. The van der Waals surface area contributed by atoms with Gasteiger partial charge in [-0.25, -0.2) is 0 Å². The van der Waals surface area contributed by atoms with Crippen molar-refractivity contribution in [3.8, 4) is 33.4 Å². The maximum Gasteiger partial charge on any atom is 0.136 e. The van der Waals surface area contributed by atoms with Crippen LogP contribution >= 0.6 is 0 Å². The standard InChI is InChI=1S/C49H35NO/c1-49(2)45-29-36(32-10-4-3-5-11-32)19-25-41(45)42-27-24-40(31-46(42)49)50(39-23-18-33-12-6-7-13-35(33)28-39)38-21-16-34(17-22-38)37-20-26-44-43-14-8-9-15-47(43)51-48(44)30-37/h3-31H,1-2H3. The Kier molecular flexibility index (Phi) is 6.56. The highest BCUT2D eigenvalue weighted by Gasteiger charge is 2.36. The summed E-state index contributed by atoms with van der Waals surface area (Å²) >= 11 is 0. The molecule has 0 spiro atoms. The van der Waals surface area contributed by atoms with Crippen LogP contribution in [0.4, 0.5) is 17.1 Å². The van der Waals surface area contributed by atoms with Gasteiger partial charge < -0.3 is 9.32 Å². The molecule has 1 heterocycles. The summed E-state index contributed by atoms with van der Waals surface area (Å²) in [5.41, 5.74) is 15.2. The molecule has 0 atom stereocenters. The highest BCUT2D eigenvalue weighted by atomic mass is 16.3. The summed E-state index contributed by atoms with van der Waals surface area (Å²) in [5, 5.41) is 4.75. The molecule has 1 aromatic heterocycles. The second kappa shape index (κ2) is 11.3. The van der Waals surface area contributed by atoms with Crippen molar-refractivity contribution in [2.75, 3.05) is 4.90 Å². The molecule has 0 aliphatic heterocycles. The Hall–Kier alpha value is -6.38. The number of hydrogen-bond donors (Lipinski definition) is 0. The topological polar surface area (TPSA) is 16.4 Å². The van der Waals surface area contributed by atoms with Crippen LogP contribution in [-0.2, 0) is 5.41 Å². The number of rotatable bonds is 5. The summed E-state index contributed by atoms with van der Waals surface area (Å²) in [6.07, 6.45) is 0. The Labute approximate surface area is 297 Å². The number of hydrogen-bond acceptors (Lipinski definition) is 2. The monoisotopic (exact) mass is 653 g/mol. The molecule has 0 unspecified atom stereocenters. The highest BCUT2D eigenvalue weighted by molar-refractivity contribution is 6.06. The van der Waals surface area contributed by atoms with Crippen molar-refractivity contribution in [1.82, 2.24) is 0 Å². The van der Waals surface area contributed by atoms with Crippen molar-refractivity contribution in [3.05, 3.63) is 187 Å². The minimum atomic E-state index is -0.153. The van der Waals surface area contributed by atoms with Crippen LogP contribution in [0.2, 0.25) is 0 Å². The predicted octanol–water partition coefficient (Wildman–Crippen LogP) is 13.8. The highest BCUT2D eigenvalue weighted by Crippen LogP contribution is 2.51. The number of nitrogens with zero attached hydrogens (tertiary/aromatic N) is 1. The van der Waals surface area contributed by atoms with Crippen molar-refractivity contribution in [1.29, 1.82) is 0 Å². The Morgan fingerprint density at radius 2 is 0.961 bits per heavy atom. The Morgan fingerprint density at radius 1 is 0.392 bits per heavy atom. The minimum Gasteiger partial charge on any atom is -0.456 e. The van der Waals surface area contributed by atoms with E-state index in [4.69, 9.17) is 4.42 Å². The van der Waals surface area contributed by atoms with E-state index in [0.29, 0.717) is 0 Å². The zero-order valence-corrected chi connectivity index (χ0v) is 28.6. The lowest BCUT2D eigenvalue weighted by Gasteiger charge is -2.28. The van der Waals surface area contributed by atoms with Gasteiger partial charge in [0.1, 0.15) is 11.2 Å². The maximum absolute atomic E-state index is 6.22. The van der Waals surface area contributed by atoms with Gasteiger partial charge in [0.15, 0.2) is 0 Å². The van der Waals surface area contributed by atoms with Crippen LogP contribution in [0.15, 0.2) is 180 Å². The molecule has 242 valence electrons. The zero-order valence-electron chi connectivity index (χ0n) is 28.6. The minimum absolute atomic E-state index is 0.153. The third kappa shape index (κ3) is 4.79. The fourth-order valence-corrected chi connectivity index (χ4v) is 8.15. The van der Waals surface area contributed by atoms with Gasteiger partial charge in [-0.15, -0.1) is 0 Å². The normalized spacial score (nSPS) is 13.1. The van der Waals surface area contributed by atoms with E-state index in [-0.39, 0.29) is 5.41 Å². The summed E-state index contributed by atoms with van der Waals surface area (Å²) < 4.78 is 6.22. The largest absolute Gasteiger partial charge is 0.456 e. The first kappa shape index (κ1) is 29.5. The molecule has 0 saturated heterocycles. The molecule has 0 fully saturated rings. The van der Waals surface area contributed by atoms with Crippen LogP contribution in [0.1, 0.15) is 25.0 Å². The van der Waals surface area contributed by atoms with E-state index < -0.39 is 0 Å². The Balaban J connectivity index is 1.07. The molecule has 0 saturated carbocycles. The number of benzene rings is 8. The lowest BCUT2D eigenvalue weighted by molar-refractivity contribution is 0.660. The van der Waals surface area contributed by atoms with Crippen LogP contribution in [0.5, 0.6) is 0 Å². The van der Waals surface area contributed by atoms with Gasteiger partial charge in [-0.3, -0.25) is 0 Å². The number of fused-ring (bicyclic) bond motifs is 7. The lowest BCUT2D eigenvalue weighted by atomic mass is 9.81. The first-order chi connectivity index (χ1) is 25.0. The van der Waals surface area contributed by atoms with Gasteiger partial charge in [0.05, 0.1) is 0 Å². The van der Waals surface area contributed by atoms with E-state index in [2.05, 4.69) is 183 Å². The van der Waals surface area contributed by atoms with Crippen LogP contribution in [0.3, 0.4) is 0 Å². The summed E-state index contributed by atoms with van der Waals surface area (Å²) in [7, 11) is 0. The van der Waals surface area contributed by atoms with Crippen molar-refractivity contribution in [2.45, 2.75) is 19.3 Å². The molecule has 10 rings (SSSR count). The fourth-order valence-electron chi connectivity index (χ4n) is 8.15. The average molecular weight is 654 g/mol. The Bertz CT molecular complexity index is 2770. The van der Waals surface area contributed by atoms with E-state index in [1.807, 2.05) is 12.1 Å². The van der Waals surface area contributed by atoms with E-state index in [9.17, 15) is 0 Å². The van der Waals surface area contributed by atoms with Crippen molar-refractivity contribution >= 4 is 49.8 Å². The van der Waals surface area contributed by atoms with Gasteiger partial charge in [-0.1, -0.05) is 129 Å². The van der Waals surface area contributed by atoms with Crippen LogP contribution in [0.25, 0.3) is 66.1 Å². The number of para-hydroxylation sites is 1. The van der Waals surface area contributed by atoms with Gasteiger partial charge in [0, 0.05) is 33.2 Å². The first-order valence-electron chi connectivity index (χ1n) is 17.7. The van der Waals surface area contributed by atoms with Gasteiger partial charge in [-0.2, -0.15) is 0 Å². The smallest absolute Gasteiger partial charge is 0.136 e. The van der Waals surface area contributed by atoms with Crippen LogP contribution in [-0.4, -0.2) is 0 Å². The molecule has 2 heteroatoms. The van der Waals surface area contributed by atoms with Crippen molar-refractivity contribution in [2.24, 2.45) is 0 Å². The molecule has 0 bridgehead atoms. The zero-order chi connectivity index (χ0) is 34.1. The molecule has 1 aliphatic rings. The van der Waals surface area contributed by atoms with E-state index >= 15 is 0 Å². The molecule has 0 radical (unpaired) electrons. The summed E-state index contributed by atoms with van der Waals surface area (Å²) in [5.74, 6) is 0. The Morgan fingerprint density at radius 3 is 1.80 bits per heavy atom. The van der Waals surface area contributed by atoms with Gasteiger partial charge in [0.2, 0.25) is 0 Å². The van der Waals surface area contributed by atoms with Crippen LogP contribution < -0.4 is 4.90 Å². The van der Waals surface area contributed by atoms with Crippen LogP contribution in [0, 0.1) is 0 Å². The second-order valence-corrected chi connectivity index (χ2v) is 14.2. The van der Waals surface area contributed by atoms with Gasteiger partial charge in [-0.05, 0) is 116 Å². The van der Waals surface area contributed by atoms with E-state index in [0.717, 1.165) is 50.1 Å². The summed E-state index contributed by atoms with van der Waals surface area (Å²) in [6.45, 7) is 4.73. The molecule has 2 nitrogen and oxygen atoms in total. The molecule has 1 aliphatic carbocycles. The third-order valence-electron chi connectivity index (χ3n) is 10.9. The number of anilines is 3. The summed E-state index contributed by atoms with van der Waals surface area (Å²) in [6, 6.07) is 63.8. The predicted molar refractivity (Wildman–Crippen MR) is 214 cm³/mol. The van der Waals surface area contributed by atoms with Gasteiger partial charge in [0.25, 0.3) is 0 Å². The fraction of sp³-hybridized carbons (Fsp3) is 0.0612. The van der Waals surface area contributed by atoms with E-state index in [1.54, 1.807) is 0 Å². The first-order valence-corrected chi connectivity index (χ1v) is 17.7. The molecule has 9 aromatic rings. The SMILES string of the molecule is CC1(C)c2cc(-c3ccccc3)ccc2-c2ccc(N(c3ccc(-c4ccc5c(c4)oc4ccccc45)cc3)c3ccc4ccccc4c3)cc21. The lowest BCUT2D eigenvalue weighted by Crippen LogP contribution is -2.16. The summed E-state index contributed by atoms with van der Waals surface area (Å²) in [4.78, 5) is 2.40. The quantitative estimate of drug-likeness (QED) is 0.184. The molecular weight excluding hydrogens is 619 g/mol.